The Bertz CT molecular complexity index is 572. The van der Waals surface area contributed by atoms with E-state index in [-0.39, 0.29) is 0 Å². The van der Waals surface area contributed by atoms with Crippen LogP contribution in [0.1, 0.15) is 23.2 Å². The fourth-order valence-corrected chi connectivity index (χ4v) is 2.09. The molecule has 0 unspecified atom stereocenters. The van der Waals surface area contributed by atoms with Crippen LogP contribution >= 0.6 is 0 Å². The molecule has 6 nitrogen and oxygen atoms in total. The van der Waals surface area contributed by atoms with Gasteiger partial charge in [0, 0.05) is 44.3 Å². The quantitative estimate of drug-likeness (QED) is 0.738. The Morgan fingerprint density at radius 2 is 2.35 bits per heavy atom. The number of aryl methyl sites for hydroxylation is 2. The predicted octanol–water partition coefficient (Wildman–Crippen LogP) is 0.934. The highest BCUT2D eigenvalue weighted by Gasteiger charge is 2.12. The highest BCUT2D eigenvalue weighted by atomic mass is 16.3. The van der Waals surface area contributed by atoms with Gasteiger partial charge in [0.15, 0.2) is 0 Å². The van der Waals surface area contributed by atoms with Crippen LogP contribution in [0.3, 0.4) is 0 Å². The van der Waals surface area contributed by atoms with Crippen LogP contribution in [0.15, 0.2) is 31.2 Å². The van der Waals surface area contributed by atoms with Gasteiger partial charge >= 0.3 is 0 Å². The van der Waals surface area contributed by atoms with Gasteiger partial charge in [-0.25, -0.2) is 4.98 Å². The lowest BCUT2D eigenvalue weighted by Crippen LogP contribution is -2.23. The second-order valence-electron chi connectivity index (χ2n) is 4.79. The molecule has 0 aromatic carbocycles. The molecule has 2 heterocycles. The number of nitrogens with zero attached hydrogens (tertiary/aromatic N) is 4. The largest absolute Gasteiger partial charge is 0.384 e. The Morgan fingerprint density at radius 1 is 1.55 bits per heavy atom. The number of nitrogens with one attached hydrogen (secondary N) is 1. The number of imidazole rings is 1. The first-order valence-electron chi connectivity index (χ1n) is 6.61. The molecule has 108 valence electrons. The third-order valence-corrected chi connectivity index (χ3v) is 3.17. The lowest BCUT2D eigenvalue weighted by Gasteiger charge is -2.11. The lowest BCUT2D eigenvalue weighted by molar-refractivity contribution is 0.161. The Labute approximate surface area is 118 Å². The number of hydrogen-bond acceptors (Lipinski definition) is 4. The molecule has 2 rings (SSSR count). The van der Waals surface area contributed by atoms with Crippen molar-refractivity contribution in [1.82, 2.24) is 24.6 Å². The van der Waals surface area contributed by atoms with E-state index in [1.807, 2.05) is 41.7 Å². The van der Waals surface area contributed by atoms with E-state index in [1.54, 1.807) is 6.20 Å². The molecule has 6 heteroatoms. The molecule has 0 spiro atoms. The Morgan fingerprint density at radius 3 is 3.00 bits per heavy atom. The SMILES string of the molecule is C=CCn1cc(CNC[C@H](O)c2nccn2C)c(C)n1. The van der Waals surface area contributed by atoms with Crippen molar-refractivity contribution in [3.05, 3.63) is 48.3 Å². The Hall–Kier alpha value is -1.92. The summed E-state index contributed by atoms with van der Waals surface area (Å²) >= 11 is 0. The first kappa shape index (κ1) is 14.5. The van der Waals surface area contributed by atoms with Gasteiger partial charge in [-0.15, -0.1) is 6.58 Å². The first-order chi connectivity index (χ1) is 9.61. The number of allylic oxidation sites excluding steroid dienone is 1. The molecular formula is C14H21N5O. The van der Waals surface area contributed by atoms with E-state index >= 15 is 0 Å². The molecule has 2 aromatic rings. The molecule has 0 fully saturated rings. The standard InChI is InChI=1S/C14H21N5O/c1-4-6-19-10-12(11(2)17-19)8-15-9-13(20)14-16-5-7-18(14)3/h4-5,7,10,13,15,20H,1,6,8-9H2,2-3H3/t13-/m0/s1. The van der Waals surface area contributed by atoms with E-state index in [0.717, 1.165) is 11.3 Å². The minimum Gasteiger partial charge on any atom is -0.384 e. The second-order valence-corrected chi connectivity index (χ2v) is 4.79. The number of aromatic nitrogens is 4. The summed E-state index contributed by atoms with van der Waals surface area (Å²) in [6.07, 6.45) is 6.70. The van der Waals surface area contributed by atoms with E-state index in [9.17, 15) is 5.11 Å². The van der Waals surface area contributed by atoms with Gasteiger partial charge in [-0.1, -0.05) is 6.08 Å². The van der Waals surface area contributed by atoms with Crippen molar-refractivity contribution in [1.29, 1.82) is 0 Å². The van der Waals surface area contributed by atoms with Crippen molar-refractivity contribution in [2.75, 3.05) is 6.54 Å². The number of hydrogen-bond donors (Lipinski definition) is 2. The van der Waals surface area contributed by atoms with Crippen LogP contribution in [0.25, 0.3) is 0 Å². The van der Waals surface area contributed by atoms with Gasteiger partial charge in [-0.05, 0) is 6.92 Å². The molecule has 0 aliphatic carbocycles. The molecule has 2 aromatic heterocycles. The molecule has 0 saturated heterocycles. The van der Waals surface area contributed by atoms with Gasteiger partial charge < -0.3 is 15.0 Å². The highest BCUT2D eigenvalue weighted by Crippen LogP contribution is 2.09. The third-order valence-electron chi connectivity index (χ3n) is 3.17. The van der Waals surface area contributed by atoms with Crippen LogP contribution in [-0.2, 0) is 20.1 Å². The maximum absolute atomic E-state index is 10.0. The van der Waals surface area contributed by atoms with Crippen molar-refractivity contribution in [2.24, 2.45) is 7.05 Å². The Kier molecular flexibility index (Phi) is 4.70. The summed E-state index contributed by atoms with van der Waals surface area (Å²) in [5.41, 5.74) is 2.12. The van der Waals surface area contributed by atoms with Crippen LogP contribution in [0.4, 0.5) is 0 Å². The van der Waals surface area contributed by atoms with E-state index in [4.69, 9.17) is 0 Å². The molecule has 0 aliphatic rings. The summed E-state index contributed by atoms with van der Waals surface area (Å²) in [6, 6.07) is 0. The summed E-state index contributed by atoms with van der Waals surface area (Å²) in [5.74, 6) is 0.663. The molecule has 0 aliphatic heterocycles. The van der Waals surface area contributed by atoms with Crippen LogP contribution in [0.5, 0.6) is 0 Å². The zero-order valence-corrected chi connectivity index (χ0v) is 12.0. The molecule has 0 saturated carbocycles. The van der Waals surface area contributed by atoms with E-state index in [0.29, 0.717) is 25.5 Å². The third kappa shape index (κ3) is 3.34. The second kappa shape index (κ2) is 6.49. The number of aliphatic hydroxyl groups is 1. The van der Waals surface area contributed by atoms with Gasteiger partial charge in [0.05, 0.1) is 12.2 Å². The normalized spacial score (nSPS) is 12.6. The van der Waals surface area contributed by atoms with Crippen molar-refractivity contribution in [3.63, 3.8) is 0 Å². The summed E-state index contributed by atoms with van der Waals surface area (Å²) in [6.45, 7) is 7.51. The minimum absolute atomic E-state index is 0.455. The maximum atomic E-state index is 10.0. The molecule has 0 amide bonds. The molecule has 0 radical (unpaired) electrons. The van der Waals surface area contributed by atoms with Gasteiger partial charge in [-0.2, -0.15) is 5.10 Å². The topological polar surface area (TPSA) is 67.9 Å². The number of rotatable bonds is 7. The van der Waals surface area contributed by atoms with E-state index < -0.39 is 6.10 Å². The molecule has 20 heavy (non-hydrogen) atoms. The Balaban J connectivity index is 1.86. The number of aliphatic hydroxyl groups excluding tert-OH is 1. The first-order valence-corrected chi connectivity index (χ1v) is 6.61. The van der Waals surface area contributed by atoms with Gasteiger partial charge in [-0.3, -0.25) is 4.68 Å². The smallest absolute Gasteiger partial charge is 0.138 e. The van der Waals surface area contributed by atoms with Crippen LogP contribution in [0, 0.1) is 6.92 Å². The fraction of sp³-hybridized carbons (Fsp3) is 0.429. The lowest BCUT2D eigenvalue weighted by atomic mass is 10.2. The molecule has 0 bridgehead atoms. The van der Waals surface area contributed by atoms with Crippen LogP contribution in [0.2, 0.25) is 0 Å². The monoisotopic (exact) mass is 275 g/mol. The summed E-state index contributed by atoms with van der Waals surface area (Å²) < 4.78 is 3.67. The van der Waals surface area contributed by atoms with Crippen molar-refractivity contribution >= 4 is 0 Å². The van der Waals surface area contributed by atoms with Crippen molar-refractivity contribution in [3.8, 4) is 0 Å². The minimum atomic E-state index is -0.612. The summed E-state index contributed by atoms with van der Waals surface area (Å²) in [5, 5.41) is 17.7. The predicted molar refractivity (Wildman–Crippen MR) is 77.0 cm³/mol. The maximum Gasteiger partial charge on any atom is 0.138 e. The molecule has 1 atom stereocenters. The highest BCUT2D eigenvalue weighted by molar-refractivity contribution is 5.15. The van der Waals surface area contributed by atoms with Crippen LogP contribution in [-0.4, -0.2) is 31.0 Å². The zero-order chi connectivity index (χ0) is 14.5. The van der Waals surface area contributed by atoms with Gasteiger partial charge in [0.2, 0.25) is 0 Å². The van der Waals surface area contributed by atoms with Gasteiger partial charge in [0.1, 0.15) is 11.9 Å². The zero-order valence-electron chi connectivity index (χ0n) is 12.0. The van der Waals surface area contributed by atoms with Crippen LogP contribution < -0.4 is 5.32 Å². The average Bonchev–Trinajstić information content (AvgIpc) is 2.97. The van der Waals surface area contributed by atoms with Gasteiger partial charge in [0.25, 0.3) is 0 Å². The summed E-state index contributed by atoms with van der Waals surface area (Å²) in [4.78, 5) is 4.13. The van der Waals surface area contributed by atoms with E-state index in [1.165, 1.54) is 0 Å². The van der Waals surface area contributed by atoms with Crippen molar-refractivity contribution in [2.45, 2.75) is 26.1 Å². The fourth-order valence-electron chi connectivity index (χ4n) is 2.09. The molecular weight excluding hydrogens is 254 g/mol. The summed E-state index contributed by atoms with van der Waals surface area (Å²) in [7, 11) is 1.87. The van der Waals surface area contributed by atoms with E-state index in [2.05, 4.69) is 22.0 Å². The average molecular weight is 275 g/mol. The van der Waals surface area contributed by atoms with Crippen molar-refractivity contribution < 1.29 is 5.11 Å². The molecule has 2 N–H and O–H groups in total.